The van der Waals surface area contributed by atoms with Crippen molar-refractivity contribution in [1.29, 1.82) is 0 Å². The third-order valence-electron chi connectivity index (χ3n) is 1.24. The first-order chi connectivity index (χ1) is 5.43. The van der Waals surface area contributed by atoms with Crippen molar-refractivity contribution in [3.63, 3.8) is 0 Å². The second-order valence-corrected chi connectivity index (χ2v) is 3.58. The highest BCUT2D eigenvalue weighted by Gasteiger charge is 1.90. The lowest BCUT2D eigenvalue weighted by Gasteiger charge is -1.97. The van der Waals surface area contributed by atoms with Crippen LogP contribution in [0.25, 0.3) is 0 Å². The lowest BCUT2D eigenvalue weighted by Crippen LogP contribution is -1.83. The Hall–Kier alpha value is -0.210. The van der Waals surface area contributed by atoms with Gasteiger partial charge in [-0.15, -0.1) is 11.6 Å². The number of pyridine rings is 1. The fraction of sp³-hybridized carbons (Fsp3) is 0.375. The summed E-state index contributed by atoms with van der Waals surface area (Å²) < 4.78 is 0. The van der Waals surface area contributed by atoms with E-state index in [2.05, 4.69) is 4.98 Å². The van der Waals surface area contributed by atoms with Crippen LogP contribution in [0.15, 0.2) is 24.5 Å². The second-order valence-electron chi connectivity index (χ2n) is 2.10. The molecule has 1 heterocycles. The topological polar surface area (TPSA) is 12.9 Å². The van der Waals surface area contributed by atoms with Gasteiger partial charge in [-0.25, -0.2) is 0 Å². The molecule has 0 bridgehead atoms. The fourth-order valence-corrected chi connectivity index (χ4v) is 1.73. The molecule has 60 valence electrons. The Morgan fingerprint density at radius 2 is 2.09 bits per heavy atom. The number of alkyl halides is 1. The number of thioether (sulfide) groups is 1. The zero-order valence-electron chi connectivity index (χ0n) is 6.16. The summed E-state index contributed by atoms with van der Waals surface area (Å²) in [4.78, 5) is 3.94. The van der Waals surface area contributed by atoms with Crippen LogP contribution in [0.2, 0.25) is 0 Å². The van der Waals surface area contributed by atoms with Crippen molar-refractivity contribution in [2.24, 2.45) is 0 Å². The predicted molar refractivity (Wildman–Crippen MR) is 51.1 cm³/mol. The number of hydrogen-bond donors (Lipinski definition) is 0. The van der Waals surface area contributed by atoms with Crippen molar-refractivity contribution in [3.05, 3.63) is 30.1 Å². The summed E-state index contributed by atoms with van der Waals surface area (Å²) in [5, 5.41) is 0. The molecule has 0 atom stereocenters. The van der Waals surface area contributed by atoms with E-state index in [1.54, 1.807) is 0 Å². The van der Waals surface area contributed by atoms with E-state index in [1.165, 1.54) is 5.56 Å². The van der Waals surface area contributed by atoms with Crippen LogP contribution in [-0.4, -0.2) is 16.6 Å². The van der Waals surface area contributed by atoms with Crippen LogP contribution < -0.4 is 0 Å². The zero-order chi connectivity index (χ0) is 7.94. The van der Waals surface area contributed by atoms with Gasteiger partial charge in [0.25, 0.3) is 0 Å². The molecular formula is C8H10ClNS. The lowest BCUT2D eigenvalue weighted by atomic mass is 10.3. The van der Waals surface area contributed by atoms with Gasteiger partial charge < -0.3 is 0 Å². The molecule has 1 aromatic rings. The molecule has 0 radical (unpaired) electrons. The van der Waals surface area contributed by atoms with Crippen LogP contribution >= 0.6 is 23.4 Å². The average Bonchev–Trinajstić information content (AvgIpc) is 2.07. The molecule has 1 aromatic heterocycles. The molecule has 0 saturated heterocycles. The molecule has 0 aliphatic carbocycles. The molecule has 11 heavy (non-hydrogen) atoms. The van der Waals surface area contributed by atoms with Crippen LogP contribution in [0.4, 0.5) is 0 Å². The van der Waals surface area contributed by atoms with Crippen molar-refractivity contribution in [2.45, 2.75) is 5.75 Å². The molecule has 0 N–H and O–H groups in total. The summed E-state index contributed by atoms with van der Waals surface area (Å²) in [7, 11) is 0. The molecule has 0 aliphatic heterocycles. The van der Waals surface area contributed by atoms with Crippen molar-refractivity contribution < 1.29 is 0 Å². The van der Waals surface area contributed by atoms with Crippen LogP contribution in [-0.2, 0) is 5.75 Å². The van der Waals surface area contributed by atoms with Crippen LogP contribution in [0.1, 0.15) is 5.56 Å². The van der Waals surface area contributed by atoms with Crippen molar-refractivity contribution in [2.75, 3.05) is 11.6 Å². The van der Waals surface area contributed by atoms with Gasteiger partial charge in [-0.3, -0.25) is 4.98 Å². The molecule has 1 rings (SSSR count). The molecule has 0 saturated carbocycles. The Morgan fingerprint density at radius 3 is 2.73 bits per heavy atom. The third kappa shape index (κ3) is 3.63. The van der Waals surface area contributed by atoms with Gasteiger partial charge >= 0.3 is 0 Å². The number of aromatic nitrogens is 1. The van der Waals surface area contributed by atoms with Crippen LogP contribution in [0.5, 0.6) is 0 Å². The van der Waals surface area contributed by atoms with Gasteiger partial charge in [0.15, 0.2) is 0 Å². The summed E-state index contributed by atoms with van der Waals surface area (Å²) in [6.07, 6.45) is 3.63. The second kappa shape index (κ2) is 5.44. The highest BCUT2D eigenvalue weighted by atomic mass is 35.5. The monoisotopic (exact) mass is 187 g/mol. The largest absolute Gasteiger partial charge is 0.265 e. The molecule has 1 nitrogen and oxygen atoms in total. The maximum Gasteiger partial charge on any atom is 0.0314 e. The van der Waals surface area contributed by atoms with Crippen LogP contribution in [0, 0.1) is 0 Å². The number of rotatable bonds is 4. The average molecular weight is 188 g/mol. The molecule has 0 spiro atoms. The third-order valence-corrected chi connectivity index (χ3v) is 2.68. The molecule has 0 aliphatic rings. The lowest BCUT2D eigenvalue weighted by molar-refractivity contribution is 1.27. The smallest absolute Gasteiger partial charge is 0.0314 e. The minimum Gasteiger partial charge on any atom is -0.265 e. The van der Waals surface area contributed by atoms with Gasteiger partial charge in [0.1, 0.15) is 0 Å². The van der Waals surface area contributed by atoms with E-state index >= 15 is 0 Å². The maximum atomic E-state index is 5.53. The summed E-state index contributed by atoms with van der Waals surface area (Å²) in [5.74, 6) is 2.79. The van der Waals surface area contributed by atoms with E-state index in [9.17, 15) is 0 Å². The zero-order valence-corrected chi connectivity index (χ0v) is 7.74. The Morgan fingerprint density at radius 1 is 1.36 bits per heavy atom. The first kappa shape index (κ1) is 8.88. The Labute approximate surface area is 76.2 Å². The quantitative estimate of drug-likeness (QED) is 0.531. The fourth-order valence-electron chi connectivity index (χ4n) is 0.724. The predicted octanol–water partition coefficient (Wildman–Crippen LogP) is 2.55. The van der Waals surface area contributed by atoms with E-state index in [0.717, 1.165) is 17.4 Å². The van der Waals surface area contributed by atoms with Crippen molar-refractivity contribution in [1.82, 2.24) is 4.98 Å². The van der Waals surface area contributed by atoms with Gasteiger partial charge in [-0.2, -0.15) is 11.8 Å². The molecular weight excluding hydrogens is 178 g/mol. The summed E-state index contributed by atoms with van der Waals surface area (Å²) in [6, 6.07) is 4.06. The van der Waals surface area contributed by atoms with E-state index in [-0.39, 0.29) is 0 Å². The standard InChI is InChI=1S/C8H10ClNS/c9-3-6-11-7-8-1-4-10-5-2-8/h1-2,4-5H,3,6-7H2. The van der Waals surface area contributed by atoms with Crippen molar-refractivity contribution in [3.8, 4) is 0 Å². The Bertz CT molecular complexity index is 191. The molecule has 3 heteroatoms. The molecule has 0 amide bonds. The van der Waals surface area contributed by atoms with E-state index < -0.39 is 0 Å². The summed E-state index contributed by atoms with van der Waals surface area (Å²) >= 11 is 7.38. The van der Waals surface area contributed by atoms with Gasteiger partial charge in [0.2, 0.25) is 0 Å². The van der Waals surface area contributed by atoms with Gasteiger partial charge in [0.05, 0.1) is 0 Å². The Kier molecular flexibility index (Phi) is 4.39. The highest BCUT2D eigenvalue weighted by molar-refractivity contribution is 7.98. The first-order valence-electron chi connectivity index (χ1n) is 3.46. The number of hydrogen-bond acceptors (Lipinski definition) is 2. The maximum absolute atomic E-state index is 5.53. The highest BCUT2D eigenvalue weighted by Crippen LogP contribution is 2.10. The summed E-state index contributed by atoms with van der Waals surface area (Å²) in [6.45, 7) is 0. The van der Waals surface area contributed by atoms with E-state index in [0.29, 0.717) is 0 Å². The minimum atomic E-state index is 0.732. The Balaban J connectivity index is 2.28. The number of halogens is 1. The molecule has 0 unspecified atom stereocenters. The number of nitrogens with zero attached hydrogens (tertiary/aromatic N) is 1. The van der Waals surface area contributed by atoms with Gasteiger partial charge in [0, 0.05) is 29.8 Å². The van der Waals surface area contributed by atoms with Gasteiger partial charge in [-0.1, -0.05) is 0 Å². The summed E-state index contributed by atoms with van der Waals surface area (Å²) in [5.41, 5.74) is 1.31. The first-order valence-corrected chi connectivity index (χ1v) is 5.15. The van der Waals surface area contributed by atoms with Crippen molar-refractivity contribution >= 4 is 23.4 Å². The molecule has 0 fully saturated rings. The minimum absolute atomic E-state index is 0.732. The van der Waals surface area contributed by atoms with E-state index in [4.69, 9.17) is 11.6 Å². The molecule has 0 aromatic carbocycles. The SMILES string of the molecule is ClCCSCc1ccncc1. The van der Waals surface area contributed by atoms with Gasteiger partial charge in [-0.05, 0) is 17.7 Å². The normalized spacial score (nSPS) is 9.91. The van der Waals surface area contributed by atoms with E-state index in [1.807, 2.05) is 36.3 Å². The van der Waals surface area contributed by atoms with Crippen LogP contribution in [0.3, 0.4) is 0 Å².